The Morgan fingerprint density at radius 3 is 2.86 bits per heavy atom. The van der Waals surface area contributed by atoms with Gasteiger partial charge in [0.25, 0.3) is 0 Å². The van der Waals surface area contributed by atoms with Crippen molar-refractivity contribution in [3.8, 4) is 0 Å². The number of aryl methyl sites for hydroxylation is 1. The van der Waals surface area contributed by atoms with Crippen LogP contribution >= 0.6 is 0 Å². The Kier molecular flexibility index (Phi) is 4.92. The Bertz CT molecular complexity index is 607. The molecule has 0 aliphatic carbocycles. The molecule has 1 unspecified atom stereocenters. The summed E-state index contributed by atoms with van der Waals surface area (Å²) in [5.41, 5.74) is 1.11. The molecule has 1 saturated heterocycles. The van der Waals surface area contributed by atoms with Crippen molar-refractivity contribution >= 4 is 15.8 Å². The lowest BCUT2D eigenvalue weighted by molar-refractivity contribution is 0.454. The molecule has 0 spiro atoms. The van der Waals surface area contributed by atoms with E-state index < -0.39 is 9.84 Å². The lowest BCUT2D eigenvalue weighted by Gasteiger charge is -2.23. The molecule has 1 aromatic rings. The van der Waals surface area contributed by atoms with Crippen LogP contribution in [0.4, 0.5) is 0 Å². The standard InChI is InChI=1S/C14H23N3O3S/c1-11-13(4-6-20-11)9-17(3)14(15-2)16-8-12-5-7-21(18,19)10-12/h4,6,12H,5,7-10H2,1-3H3,(H,15,16). The van der Waals surface area contributed by atoms with Gasteiger partial charge < -0.3 is 14.6 Å². The van der Waals surface area contributed by atoms with E-state index in [-0.39, 0.29) is 11.7 Å². The minimum Gasteiger partial charge on any atom is -0.469 e. The normalized spacial score (nSPS) is 21.5. The van der Waals surface area contributed by atoms with Crippen LogP contribution in [-0.2, 0) is 16.4 Å². The number of sulfone groups is 1. The number of rotatable bonds is 4. The zero-order chi connectivity index (χ0) is 15.5. The SMILES string of the molecule is CN=C(NCC1CCS(=O)(=O)C1)N(C)Cc1ccoc1C. The van der Waals surface area contributed by atoms with Gasteiger partial charge in [-0.15, -0.1) is 0 Å². The van der Waals surface area contributed by atoms with Gasteiger partial charge in [-0.25, -0.2) is 8.42 Å². The van der Waals surface area contributed by atoms with Gasteiger partial charge in [0.15, 0.2) is 15.8 Å². The number of guanidine groups is 1. The minimum atomic E-state index is -2.82. The van der Waals surface area contributed by atoms with Gasteiger partial charge in [-0.05, 0) is 25.3 Å². The molecule has 1 aliphatic rings. The molecule has 2 rings (SSSR count). The summed E-state index contributed by atoms with van der Waals surface area (Å²) >= 11 is 0. The Morgan fingerprint density at radius 1 is 1.57 bits per heavy atom. The van der Waals surface area contributed by atoms with Crippen molar-refractivity contribution in [2.24, 2.45) is 10.9 Å². The summed E-state index contributed by atoms with van der Waals surface area (Å²) < 4.78 is 28.2. The molecule has 6 nitrogen and oxygen atoms in total. The molecule has 1 N–H and O–H groups in total. The van der Waals surface area contributed by atoms with Gasteiger partial charge in [0, 0.05) is 32.7 Å². The lowest BCUT2D eigenvalue weighted by Crippen LogP contribution is -2.40. The van der Waals surface area contributed by atoms with Gasteiger partial charge in [-0.3, -0.25) is 4.99 Å². The molecule has 0 saturated carbocycles. The summed E-state index contributed by atoms with van der Waals surface area (Å²) in [6.07, 6.45) is 2.41. The zero-order valence-corrected chi connectivity index (χ0v) is 13.6. The number of nitrogens with one attached hydrogen (secondary N) is 1. The molecule has 0 radical (unpaired) electrons. The molecule has 1 aliphatic heterocycles. The third-order valence-corrected chi connectivity index (χ3v) is 5.66. The van der Waals surface area contributed by atoms with E-state index in [1.54, 1.807) is 13.3 Å². The highest BCUT2D eigenvalue weighted by Crippen LogP contribution is 2.17. The average Bonchev–Trinajstić information content (AvgIpc) is 2.97. The van der Waals surface area contributed by atoms with E-state index in [4.69, 9.17) is 4.42 Å². The van der Waals surface area contributed by atoms with Crippen molar-refractivity contribution in [1.82, 2.24) is 10.2 Å². The van der Waals surface area contributed by atoms with Crippen molar-refractivity contribution < 1.29 is 12.8 Å². The number of furan rings is 1. The fourth-order valence-corrected chi connectivity index (χ4v) is 4.42. The third kappa shape index (κ3) is 4.23. The number of nitrogens with zero attached hydrogens (tertiary/aromatic N) is 2. The summed E-state index contributed by atoms with van der Waals surface area (Å²) in [4.78, 5) is 6.25. The van der Waals surface area contributed by atoms with E-state index in [9.17, 15) is 8.42 Å². The third-order valence-electron chi connectivity index (χ3n) is 3.82. The Balaban J connectivity index is 1.87. The maximum atomic E-state index is 11.5. The summed E-state index contributed by atoms with van der Waals surface area (Å²) in [7, 11) is 0.857. The highest BCUT2D eigenvalue weighted by molar-refractivity contribution is 7.91. The van der Waals surface area contributed by atoms with Crippen LogP contribution in [0.25, 0.3) is 0 Å². The molecule has 0 aromatic carbocycles. The van der Waals surface area contributed by atoms with Crippen molar-refractivity contribution in [3.63, 3.8) is 0 Å². The zero-order valence-electron chi connectivity index (χ0n) is 12.8. The maximum Gasteiger partial charge on any atom is 0.193 e. The molecule has 0 bridgehead atoms. The predicted octanol–water partition coefficient (Wildman–Crippen LogP) is 1.03. The van der Waals surface area contributed by atoms with Gasteiger partial charge in [0.2, 0.25) is 0 Å². The molecule has 1 atom stereocenters. The first-order valence-corrected chi connectivity index (χ1v) is 8.88. The van der Waals surface area contributed by atoms with Gasteiger partial charge in [-0.2, -0.15) is 0 Å². The predicted molar refractivity (Wildman–Crippen MR) is 83.0 cm³/mol. The highest BCUT2D eigenvalue weighted by atomic mass is 32.2. The van der Waals surface area contributed by atoms with Crippen LogP contribution in [0.15, 0.2) is 21.7 Å². The van der Waals surface area contributed by atoms with E-state index in [0.717, 1.165) is 23.7 Å². The van der Waals surface area contributed by atoms with E-state index in [1.807, 2.05) is 24.9 Å². The lowest BCUT2D eigenvalue weighted by atomic mass is 10.1. The van der Waals surface area contributed by atoms with E-state index in [1.165, 1.54) is 0 Å². The summed E-state index contributed by atoms with van der Waals surface area (Å²) in [6, 6.07) is 1.95. The molecular formula is C14H23N3O3S. The van der Waals surface area contributed by atoms with Crippen molar-refractivity contribution in [2.75, 3.05) is 32.1 Å². The Morgan fingerprint density at radius 2 is 2.33 bits per heavy atom. The quantitative estimate of drug-likeness (QED) is 0.664. The average molecular weight is 313 g/mol. The Labute approximate surface area is 126 Å². The van der Waals surface area contributed by atoms with Crippen LogP contribution in [0, 0.1) is 12.8 Å². The molecule has 7 heteroatoms. The van der Waals surface area contributed by atoms with Crippen LogP contribution in [0.3, 0.4) is 0 Å². The monoisotopic (exact) mass is 313 g/mol. The van der Waals surface area contributed by atoms with Crippen LogP contribution in [-0.4, -0.2) is 51.4 Å². The molecule has 21 heavy (non-hydrogen) atoms. The molecule has 1 fully saturated rings. The first-order chi connectivity index (χ1) is 9.91. The fourth-order valence-electron chi connectivity index (χ4n) is 2.56. The maximum absolute atomic E-state index is 11.5. The van der Waals surface area contributed by atoms with Crippen molar-refractivity contribution in [2.45, 2.75) is 19.9 Å². The van der Waals surface area contributed by atoms with E-state index >= 15 is 0 Å². The fraction of sp³-hybridized carbons (Fsp3) is 0.643. The van der Waals surface area contributed by atoms with Gasteiger partial charge >= 0.3 is 0 Å². The second-order valence-corrected chi connectivity index (χ2v) is 7.78. The summed E-state index contributed by atoms with van der Waals surface area (Å²) in [6.45, 7) is 3.27. The first-order valence-electron chi connectivity index (χ1n) is 7.06. The molecule has 118 valence electrons. The van der Waals surface area contributed by atoms with Crippen molar-refractivity contribution in [3.05, 3.63) is 23.7 Å². The molecule has 2 heterocycles. The van der Waals surface area contributed by atoms with Crippen LogP contribution in [0.2, 0.25) is 0 Å². The number of hydrogen-bond acceptors (Lipinski definition) is 4. The second-order valence-electron chi connectivity index (χ2n) is 5.56. The van der Waals surface area contributed by atoms with Crippen LogP contribution in [0.1, 0.15) is 17.7 Å². The van der Waals surface area contributed by atoms with Crippen molar-refractivity contribution in [1.29, 1.82) is 0 Å². The van der Waals surface area contributed by atoms with Gasteiger partial charge in [-0.1, -0.05) is 0 Å². The summed E-state index contributed by atoms with van der Waals surface area (Å²) in [5.74, 6) is 2.43. The van der Waals surface area contributed by atoms with Crippen LogP contribution < -0.4 is 5.32 Å². The van der Waals surface area contributed by atoms with E-state index in [2.05, 4.69) is 10.3 Å². The largest absolute Gasteiger partial charge is 0.469 e. The Hall–Kier alpha value is -1.50. The smallest absolute Gasteiger partial charge is 0.193 e. The van der Waals surface area contributed by atoms with Gasteiger partial charge in [0.1, 0.15) is 5.76 Å². The number of hydrogen-bond donors (Lipinski definition) is 1. The molecule has 0 amide bonds. The van der Waals surface area contributed by atoms with Crippen LogP contribution in [0.5, 0.6) is 0 Å². The second kappa shape index (κ2) is 6.51. The molecule has 1 aromatic heterocycles. The van der Waals surface area contributed by atoms with E-state index in [0.29, 0.717) is 18.8 Å². The topological polar surface area (TPSA) is 74.9 Å². The molecular weight excluding hydrogens is 290 g/mol. The van der Waals surface area contributed by atoms with Gasteiger partial charge in [0.05, 0.1) is 17.8 Å². The number of aliphatic imine (C=N–C) groups is 1. The minimum absolute atomic E-state index is 0.177. The first kappa shape index (κ1) is 15.9. The summed E-state index contributed by atoms with van der Waals surface area (Å²) in [5, 5.41) is 3.26. The highest BCUT2D eigenvalue weighted by Gasteiger charge is 2.27.